The van der Waals surface area contributed by atoms with E-state index in [1.165, 1.54) is 11.1 Å². The quantitative estimate of drug-likeness (QED) is 0.690. The minimum atomic E-state index is -0.338. The monoisotopic (exact) mass is 461 g/mol. The molecule has 2 aliphatic heterocycles. The Morgan fingerprint density at radius 2 is 2.09 bits per heavy atom. The molecule has 4 aliphatic rings. The summed E-state index contributed by atoms with van der Waals surface area (Å²) >= 11 is 0. The zero-order valence-electron chi connectivity index (χ0n) is 19.9. The highest BCUT2D eigenvalue weighted by molar-refractivity contribution is 5.93. The minimum Gasteiger partial charge on any atom is -0.504 e. The number of phenolic OH excluding ortho intramolecular Hbond substituents is 1. The van der Waals surface area contributed by atoms with E-state index in [-0.39, 0.29) is 29.3 Å². The molecule has 7 nitrogen and oxygen atoms in total. The number of carbonyl (C=O) groups is 1. The van der Waals surface area contributed by atoms with Crippen LogP contribution in [0.3, 0.4) is 0 Å². The smallest absolute Gasteiger partial charge is 0.255 e. The third-order valence-electron chi connectivity index (χ3n) is 8.42. The fourth-order valence-electron chi connectivity index (χ4n) is 6.73. The van der Waals surface area contributed by atoms with Gasteiger partial charge in [-0.25, -0.2) is 4.98 Å². The molecule has 1 N–H and O–H groups in total. The lowest BCUT2D eigenvalue weighted by molar-refractivity contribution is -0.0391. The maximum Gasteiger partial charge on any atom is 0.255 e. The first-order valence-electron chi connectivity index (χ1n) is 12.3. The van der Waals surface area contributed by atoms with Crippen molar-refractivity contribution in [3.8, 4) is 17.4 Å². The van der Waals surface area contributed by atoms with Gasteiger partial charge in [0.05, 0.1) is 5.56 Å². The number of aromatic hydroxyl groups is 1. The molecule has 1 saturated heterocycles. The Labute approximate surface area is 200 Å². The number of carbonyl (C=O) groups excluding carboxylic acids is 1. The lowest BCUT2D eigenvalue weighted by Crippen LogP contribution is -2.65. The van der Waals surface area contributed by atoms with Gasteiger partial charge in [0, 0.05) is 48.3 Å². The number of nitrogens with zero attached hydrogens (tertiary/aromatic N) is 3. The van der Waals surface area contributed by atoms with E-state index in [4.69, 9.17) is 9.47 Å². The van der Waals surface area contributed by atoms with E-state index in [1.54, 1.807) is 29.3 Å². The number of pyridine rings is 1. The largest absolute Gasteiger partial charge is 0.504 e. The normalized spacial score (nSPS) is 30.4. The SMILES string of the molecule is CCN(CC)C(=O)c1ccc(O[C@H]2C=C[C@H]3[C@H]4Cc5ccc(O)c6c5[C@@]3(CCN4C)[C@H]2O6)nc1. The Bertz CT molecular complexity index is 1160. The highest BCUT2D eigenvalue weighted by Crippen LogP contribution is 2.62. The van der Waals surface area contributed by atoms with Crippen LogP contribution in [0.1, 0.15) is 41.8 Å². The van der Waals surface area contributed by atoms with E-state index in [9.17, 15) is 9.90 Å². The molecule has 5 atom stereocenters. The van der Waals surface area contributed by atoms with Gasteiger partial charge in [0.25, 0.3) is 5.91 Å². The molecule has 0 radical (unpaired) electrons. The summed E-state index contributed by atoms with van der Waals surface area (Å²) in [5, 5.41) is 10.7. The summed E-state index contributed by atoms with van der Waals surface area (Å²) in [6.07, 6.45) is 7.32. The van der Waals surface area contributed by atoms with Crippen LogP contribution >= 0.6 is 0 Å². The van der Waals surface area contributed by atoms with Crippen LogP contribution in [0, 0.1) is 5.92 Å². The summed E-state index contributed by atoms with van der Waals surface area (Å²) in [5.74, 6) is 1.58. The van der Waals surface area contributed by atoms with E-state index in [2.05, 4.69) is 35.1 Å². The topological polar surface area (TPSA) is 75.1 Å². The van der Waals surface area contributed by atoms with Gasteiger partial charge in [0.1, 0.15) is 6.10 Å². The van der Waals surface area contributed by atoms with Crippen molar-refractivity contribution in [2.24, 2.45) is 5.92 Å². The number of piperidine rings is 1. The van der Waals surface area contributed by atoms with Crippen molar-refractivity contribution in [1.82, 2.24) is 14.8 Å². The first kappa shape index (κ1) is 21.5. The van der Waals surface area contributed by atoms with Gasteiger partial charge in [-0.2, -0.15) is 0 Å². The number of ether oxygens (including phenoxy) is 2. The predicted molar refractivity (Wildman–Crippen MR) is 127 cm³/mol. The molecule has 0 unspecified atom stereocenters. The fourth-order valence-corrected chi connectivity index (χ4v) is 6.73. The number of benzene rings is 1. The van der Waals surface area contributed by atoms with Crippen LogP contribution < -0.4 is 9.47 Å². The first-order chi connectivity index (χ1) is 16.5. The molecule has 34 heavy (non-hydrogen) atoms. The number of rotatable bonds is 5. The number of phenols is 1. The summed E-state index contributed by atoms with van der Waals surface area (Å²) in [7, 11) is 2.20. The molecular weight excluding hydrogens is 430 g/mol. The lowest BCUT2D eigenvalue weighted by Gasteiger charge is -2.56. The second kappa shape index (κ2) is 7.73. The zero-order chi connectivity index (χ0) is 23.6. The molecule has 0 saturated carbocycles. The molecule has 2 aromatic rings. The van der Waals surface area contributed by atoms with Crippen molar-refractivity contribution in [2.45, 2.75) is 50.4 Å². The number of aromatic nitrogens is 1. The van der Waals surface area contributed by atoms with Crippen molar-refractivity contribution >= 4 is 5.91 Å². The van der Waals surface area contributed by atoms with Gasteiger partial charge in [-0.3, -0.25) is 4.79 Å². The van der Waals surface area contributed by atoms with Crippen LogP contribution in [0.15, 0.2) is 42.6 Å². The number of likely N-dealkylation sites (N-methyl/N-ethyl adjacent to an activating group) is 1. The molecule has 1 aromatic heterocycles. The summed E-state index contributed by atoms with van der Waals surface area (Å²) in [5.41, 5.74) is 2.79. The van der Waals surface area contributed by atoms with Crippen molar-refractivity contribution < 1.29 is 19.4 Å². The Kier molecular flexibility index (Phi) is 4.88. The van der Waals surface area contributed by atoms with E-state index < -0.39 is 0 Å². The van der Waals surface area contributed by atoms with Crippen LogP contribution in [0.4, 0.5) is 0 Å². The van der Waals surface area contributed by atoms with Crippen LogP contribution in [0.5, 0.6) is 17.4 Å². The van der Waals surface area contributed by atoms with Crippen molar-refractivity contribution in [3.63, 3.8) is 0 Å². The van der Waals surface area contributed by atoms with Crippen molar-refractivity contribution in [3.05, 3.63) is 59.3 Å². The lowest BCUT2D eigenvalue weighted by atomic mass is 9.53. The zero-order valence-corrected chi connectivity index (χ0v) is 19.9. The Balaban J connectivity index is 1.33. The molecule has 2 aliphatic carbocycles. The molecule has 1 fully saturated rings. The van der Waals surface area contributed by atoms with E-state index in [0.717, 1.165) is 19.4 Å². The van der Waals surface area contributed by atoms with Crippen LogP contribution in [-0.4, -0.2) is 70.7 Å². The second-order valence-corrected chi connectivity index (χ2v) is 9.88. The Morgan fingerprint density at radius 3 is 2.82 bits per heavy atom. The number of hydrogen-bond acceptors (Lipinski definition) is 6. The van der Waals surface area contributed by atoms with E-state index >= 15 is 0 Å². The molecule has 6 rings (SSSR count). The first-order valence-corrected chi connectivity index (χ1v) is 12.3. The van der Waals surface area contributed by atoms with Crippen molar-refractivity contribution in [2.75, 3.05) is 26.7 Å². The third-order valence-corrected chi connectivity index (χ3v) is 8.42. The standard InChI is InChI=1S/C27H31N3O4/c1-4-30(5-2)26(32)17-7-11-22(28-15-17)33-21-10-8-18-19-14-16-6-9-20(31)24-23(16)27(18,25(21)34-24)12-13-29(19)3/h6-11,15,18-19,21,25,31H,4-5,12-14H2,1-3H3/t18-,19+,21-,25-,27-/m0/s1. The van der Waals surface area contributed by atoms with Gasteiger partial charge in [0.15, 0.2) is 17.6 Å². The molecular formula is C27H31N3O4. The van der Waals surface area contributed by atoms with Gasteiger partial charge < -0.3 is 24.4 Å². The maximum absolute atomic E-state index is 12.6. The summed E-state index contributed by atoms with van der Waals surface area (Å²) < 4.78 is 12.9. The number of amides is 1. The highest BCUT2D eigenvalue weighted by atomic mass is 16.6. The Hall–Kier alpha value is -3.06. The van der Waals surface area contributed by atoms with E-state index in [0.29, 0.717) is 42.2 Å². The summed E-state index contributed by atoms with van der Waals surface area (Å²) in [6, 6.07) is 7.76. The molecule has 1 spiro atoms. The van der Waals surface area contributed by atoms with E-state index in [1.807, 2.05) is 13.8 Å². The molecule has 1 aromatic carbocycles. The van der Waals surface area contributed by atoms with Crippen LogP contribution in [0.25, 0.3) is 0 Å². The maximum atomic E-state index is 12.6. The van der Waals surface area contributed by atoms with Gasteiger partial charge in [0.2, 0.25) is 5.88 Å². The number of likely N-dealkylation sites (tertiary alicyclic amines) is 1. The van der Waals surface area contributed by atoms with Crippen LogP contribution in [0.2, 0.25) is 0 Å². The predicted octanol–water partition coefficient (Wildman–Crippen LogP) is 3.16. The van der Waals surface area contributed by atoms with Gasteiger partial charge >= 0.3 is 0 Å². The van der Waals surface area contributed by atoms with Gasteiger partial charge in [-0.05, 0) is 64.1 Å². The second-order valence-electron chi connectivity index (χ2n) is 9.88. The number of hydrogen-bond donors (Lipinski definition) is 1. The average Bonchev–Trinajstić information content (AvgIpc) is 3.21. The van der Waals surface area contributed by atoms with Crippen molar-refractivity contribution in [1.29, 1.82) is 0 Å². The van der Waals surface area contributed by atoms with Crippen LogP contribution in [-0.2, 0) is 11.8 Å². The molecule has 178 valence electrons. The minimum absolute atomic E-state index is 0.0273. The molecule has 2 bridgehead atoms. The van der Waals surface area contributed by atoms with Gasteiger partial charge in [-0.1, -0.05) is 12.1 Å². The molecule has 7 heteroatoms. The summed E-state index contributed by atoms with van der Waals surface area (Å²) in [6.45, 7) is 6.24. The van der Waals surface area contributed by atoms with Gasteiger partial charge in [-0.15, -0.1) is 0 Å². The summed E-state index contributed by atoms with van der Waals surface area (Å²) in [4.78, 5) is 21.3. The molecule has 1 amide bonds. The average molecular weight is 462 g/mol. The fraction of sp³-hybridized carbons (Fsp3) is 0.481. The Morgan fingerprint density at radius 1 is 1.26 bits per heavy atom. The highest BCUT2D eigenvalue weighted by Gasteiger charge is 2.64. The third kappa shape index (κ3) is 2.86. The molecule has 3 heterocycles.